The number of aromatic hydroxyl groups is 1. The zero-order chi connectivity index (χ0) is 25.6. The Morgan fingerprint density at radius 2 is 1.41 bits per heavy atom. The molecule has 0 bridgehead atoms. The first-order valence-corrected chi connectivity index (χ1v) is 9.92. The maximum Gasteiger partial charge on any atom is 0.335 e. The van der Waals surface area contributed by atoms with E-state index in [1.807, 2.05) is 0 Å². The summed E-state index contributed by atoms with van der Waals surface area (Å²) in [5.74, 6) is -5.26. The van der Waals surface area contributed by atoms with Crippen molar-refractivity contribution in [3.05, 3.63) is 23.8 Å². The van der Waals surface area contributed by atoms with Crippen molar-refractivity contribution in [3.8, 4) is 11.5 Å². The molecule has 1 aliphatic heterocycles. The lowest BCUT2D eigenvalue weighted by Crippen LogP contribution is -2.63. The van der Waals surface area contributed by atoms with Crippen molar-refractivity contribution in [2.75, 3.05) is 6.61 Å². The van der Waals surface area contributed by atoms with E-state index in [0.717, 1.165) is 45.9 Å². The third-order valence-corrected chi connectivity index (χ3v) is 4.40. The maximum absolute atomic E-state index is 11.8. The largest absolute Gasteiger partial charge is 0.504 e. The molecule has 1 heterocycles. The van der Waals surface area contributed by atoms with Gasteiger partial charge in [0, 0.05) is 27.7 Å². The van der Waals surface area contributed by atoms with Crippen molar-refractivity contribution in [2.45, 2.75) is 58.4 Å². The molecule has 0 saturated carbocycles. The van der Waals surface area contributed by atoms with E-state index in [4.69, 9.17) is 33.5 Å². The Morgan fingerprint density at radius 3 is 1.91 bits per heavy atom. The predicted octanol–water partition coefficient (Wildman–Crippen LogP) is 0.552. The Morgan fingerprint density at radius 1 is 0.853 bits per heavy atom. The molecule has 5 atom stereocenters. The van der Waals surface area contributed by atoms with Gasteiger partial charge in [-0.1, -0.05) is 0 Å². The van der Waals surface area contributed by atoms with E-state index in [0.29, 0.717) is 0 Å². The van der Waals surface area contributed by atoms with Gasteiger partial charge in [0.15, 0.2) is 23.7 Å². The molecule has 186 valence electrons. The molecule has 0 radical (unpaired) electrons. The summed E-state index contributed by atoms with van der Waals surface area (Å²) in [6, 6.07) is 3.19. The van der Waals surface area contributed by atoms with Crippen LogP contribution >= 0.6 is 0 Å². The molecule has 1 aromatic rings. The zero-order valence-corrected chi connectivity index (χ0v) is 18.7. The van der Waals surface area contributed by atoms with E-state index in [9.17, 15) is 29.1 Å². The molecular formula is C21H24O13. The van der Waals surface area contributed by atoms with Gasteiger partial charge in [0.1, 0.15) is 12.7 Å². The van der Waals surface area contributed by atoms with Gasteiger partial charge < -0.3 is 38.6 Å². The molecule has 0 unspecified atom stereocenters. The molecule has 0 amide bonds. The fraction of sp³-hybridized carbons (Fsp3) is 0.476. The van der Waals surface area contributed by atoms with Crippen LogP contribution in [0.3, 0.4) is 0 Å². The number of hydrogen-bond acceptors (Lipinski definition) is 12. The first-order chi connectivity index (χ1) is 15.9. The summed E-state index contributed by atoms with van der Waals surface area (Å²) in [4.78, 5) is 57.7. The van der Waals surface area contributed by atoms with Crippen molar-refractivity contribution in [1.82, 2.24) is 0 Å². The molecule has 13 nitrogen and oxygen atoms in total. The van der Waals surface area contributed by atoms with Crippen LogP contribution in [0.5, 0.6) is 11.5 Å². The zero-order valence-electron chi connectivity index (χ0n) is 18.7. The smallest absolute Gasteiger partial charge is 0.335 e. The standard InChI is InChI=1S/C21H24O13/c1-9(22)29-8-16-17(30-10(2)23)18(31-11(3)24)19(32-12(4)25)21(34-16)33-15-6-5-13(20(27)28)7-14(15)26/h5-7,16-19,21,26H,8H2,1-4H3,(H,27,28)/t16-,17+,18+,19+,21-/m1/s1. The predicted molar refractivity (Wildman–Crippen MR) is 108 cm³/mol. The van der Waals surface area contributed by atoms with Crippen molar-refractivity contribution in [1.29, 1.82) is 0 Å². The number of esters is 4. The third-order valence-electron chi connectivity index (χ3n) is 4.40. The minimum atomic E-state index is -1.57. The number of carboxylic acids is 1. The maximum atomic E-state index is 11.8. The Kier molecular flexibility index (Phi) is 8.78. The first kappa shape index (κ1) is 26.4. The number of phenols is 1. The van der Waals surface area contributed by atoms with Gasteiger partial charge in [-0.2, -0.15) is 0 Å². The van der Waals surface area contributed by atoms with E-state index in [2.05, 4.69) is 0 Å². The molecule has 13 heteroatoms. The van der Waals surface area contributed by atoms with E-state index in [-0.39, 0.29) is 11.3 Å². The van der Waals surface area contributed by atoms with Gasteiger partial charge in [0.25, 0.3) is 0 Å². The molecular weight excluding hydrogens is 460 g/mol. The van der Waals surface area contributed by atoms with Gasteiger partial charge in [-0.15, -0.1) is 0 Å². The number of phenolic OH excluding ortho intramolecular Hbond substituents is 1. The van der Waals surface area contributed by atoms with Gasteiger partial charge in [0.2, 0.25) is 12.4 Å². The monoisotopic (exact) mass is 484 g/mol. The quantitative estimate of drug-likeness (QED) is 0.386. The average Bonchev–Trinajstić information content (AvgIpc) is 2.71. The molecule has 0 aromatic heterocycles. The highest BCUT2D eigenvalue weighted by molar-refractivity contribution is 5.88. The lowest BCUT2D eigenvalue weighted by Gasteiger charge is -2.43. The molecule has 1 aliphatic rings. The van der Waals surface area contributed by atoms with Crippen LogP contribution < -0.4 is 4.74 Å². The van der Waals surface area contributed by atoms with E-state index in [1.165, 1.54) is 0 Å². The Hall–Kier alpha value is -3.87. The second kappa shape index (κ2) is 11.3. The number of carboxylic acid groups (broad SMARTS) is 1. The third kappa shape index (κ3) is 7.07. The molecule has 0 spiro atoms. The minimum Gasteiger partial charge on any atom is -0.504 e. The van der Waals surface area contributed by atoms with Crippen LogP contribution in [-0.2, 0) is 42.9 Å². The summed E-state index contributed by atoms with van der Waals surface area (Å²) in [6.45, 7) is 3.89. The minimum absolute atomic E-state index is 0.230. The van der Waals surface area contributed by atoms with E-state index >= 15 is 0 Å². The van der Waals surface area contributed by atoms with Crippen molar-refractivity contribution in [2.24, 2.45) is 0 Å². The molecule has 1 saturated heterocycles. The number of hydrogen-bond donors (Lipinski definition) is 2. The van der Waals surface area contributed by atoms with Gasteiger partial charge in [-0.05, 0) is 18.2 Å². The number of carbonyl (C=O) groups is 5. The highest BCUT2D eigenvalue weighted by atomic mass is 16.7. The number of benzene rings is 1. The lowest BCUT2D eigenvalue weighted by atomic mass is 9.98. The second-order valence-corrected chi connectivity index (χ2v) is 7.17. The normalized spacial score (nSPS) is 23.8. The molecule has 2 N–H and O–H groups in total. The van der Waals surface area contributed by atoms with Crippen molar-refractivity contribution in [3.63, 3.8) is 0 Å². The van der Waals surface area contributed by atoms with Crippen LogP contribution in [0.4, 0.5) is 0 Å². The van der Waals surface area contributed by atoms with E-state index in [1.54, 1.807) is 0 Å². The molecule has 0 aliphatic carbocycles. The van der Waals surface area contributed by atoms with E-state index < -0.39 is 72.9 Å². The van der Waals surface area contributed by atoms with Crippen LogP contribution in [0.15, 0.2) is 18.2 Å². The summed E-state index contributed by atoms with van der Waals surface area (Å²) < 4.78 is 32.1. The number of carbonyl (C=O) groups excluding carboxylic acids is 4. The molecule has 34 heavy (non-hydrogen) atoms. The van der Waals surface area contributed by atoms with Crippen LogP contribution in [-0.4, -0.2) is 77.4 Å². The number of aromatic carboxylic acids is 1. The Labute approximate surface area is 193 Å². The number of rotatable bonds is 8. The Bertz CT molecular complexity index is 956. The highest BCUT2D eigenvalue weighted by Gasteiger charge is 2.53. The van der Waals surface area contributed by atoms with Gasteiger partial charge >= 0.3 is 29.8 Å². The summed E-state index contributed by atoms with van der Waals surface area (Å²) in [5, 5.41) is 19.2. The summed E-state index contributed by atoms with van der Waals surface area (Å²) in [5.41, 5.74) is -0.230. The van der Waals surface area contributed by atoms with Crippen LogP contribution in [0, 0.1) is 0 Å². The van der Waals surface area contributed by atoms with Crippen molar-refractivity contribution >= 4 is 29.8 Å². The fourth-order valence-electron chi connectivity index (χ4n) is 3.16. The number of ether oxygens (including phenoxy) is 6. The van der Waals surface area contributed by atoms with Crippen molar-refractivity contribution < 1.29 is 62.6 Å². The van der Waals surface area contributed by atoms with Crippen LogP contribution in [0.1, 0.15) is 38.1 Å². The van der Waals surface area contributed by atoms with Crippen LogP contribution in [0.25, 0.3) is 0 Å². The Balaban J connectivity index is 2.49. The summed E-state index contributed by atoms with van der Waals surface area (Å²) >= 11 is 0. The van der Waals surface area contributed by atoms with Crippen LogP contribution in [0.2, 0.25) is 0 Å². The van der Waals surface area contributed by atoms with Gasteiger partial charge in [0.05, 0.1) is 5.56 Å². The first-order valence-electron chi connectivity index (χ1n) is 9.92. The van der Waals surface area contributed by atoms with Gasteiger partial charge in [-0.3, -0.25) is 19.2 Å². The summed E-state index contributed by atoms with van der Waals surface area (Å²) in [6.07, 6.45) is -7.13. The van der Waals surface area contributed by atoms with Gasteiger partial charge in [-0.25, -0.2) is 4.79 Å². The lowest BCUT2D eigenvalue weighted by molar-refractivity contribution is -0.288. The average molecular weight is 484 g/mol. The molecule has 1 fully saturated rings. The second-order valence-electron chi connectivity index (χ2n) is 7.17. The SMILES string of the molecule is CC(=O)OC[C@H]1O[C@@H](Oc2ccc(C(=O)O)cc2O)[C@@H](OC(C)=O)[C@@H](OC(C)=O)[C@H]1OC(C)=O. The summed E-state index contributed by atoms with van der Waals surface area (Å²) in [7, 11) is 0. The molecule has 1 aromatic carbocycles. The highest BCUT2D eigenvalue weighted by Crippen LogP contribution is 2.34. The topological polar surface area (TPSA) is 181 Å². The fourth-order valence-corrected chi connectivity index (χ4v) is 3.16. The molecule has 2 rings (SSSR count).